The smallest absolute Gasteiger partial charge is 0.0656 e. The molecule has 0 spiro atoms. The van der Waals surface area contributed by atoms with Gasteiger partial charge in [-0.15, -0.1) is 0 Å². The van der Waals surface area contributed by atoms with Crippen LogP contribution in [0.2, 0.25) is 5.02 Å². The van der Waals surface area contributed by atoms with Crippen molar-refractivity contribution in [2.45, 2.75) is 6.92 Å². The maximum absolute atomic E-state index is 6.07. The summed E-state index contributed by atoms with van der Waals surface area (Å²) in [5.41, 5.74) is 8.86. The molecule has 88 valence electrons. The SMILES string of the molecule is Cc1cc(N)c(Cl)cc1N1CCN(C)CC1. The summed E-state index contributed by atoms with van der Waals surface area (Å²) in [5, 5.41) is 0.652. The van der Waals surface area contributed by atoms with Crippen LogP contribution in [0, 0.1) is 6.92 Å². The molecular formula is C12H18ClN3. The van der Waals surface area contributed by atoms with Gasteiger partial charge in [-0.1, -0.05) is 11.6 Å². The summed E-state index contributed by atoms with van der Waals surface area (Å²) < 4.78 is 0. The van der Waals surface area contributed by atoms with Crippen molar-refractivity contribution in [2.24, 2.45) is 0 Å². The number of rotatable bonds is 1. The highest BCUT2D eigenvalue weighted by molar-refractivity contribution is 6.33. The van der Waals surface area contributed by atoms with E-state index in [9.17, 15) is 0 Å². The topological polar surface area (TPSA) is 32.5 Å². The fraction of sp³-hybridized carbons (Fsp3) is 0.500. The molecule has 1 aliphatic heterocycles. The van der Waals surface area contributed by atoms with Crippen molar-refractivity contribution in [1.29, 1.82) is 0 Å². The summed E-state index contributed by atoms with van der Waals surface area (Å²) in [6.07, 6.45) is 0. The predicted octanol–water partition coefficient (Wildman–Crippen LogP) is 1.98. The Labute approximate surface area is 102 Å². The molecule has 0 unspecified atom stereocenters. The second-order valence-corrected chi connectivity index (χ2v) is 4.86. The van der Waals surface area contributed by atoms with E-state index in [0.29, 0.717) is 10.7 Å². The second kappa shape index (κ2) is 4.52. The normalized spacial score (nSPS) is 17.8. The van der Waals surface area contributed by atoms with Crippen LogP contribution in [0.4, 0.5) is 11.4 Å². The van der Waals surface area contributed by atoms with Crippen molar-refractivity contribution >= 4 is 23.0 Å². The van der Waals surface area contributed by atoms with Gasteiger partial charge in [0.2, 0.25) is 0 Å². The van der Waals surface area contributed by atoms with E-state index in [4.69, 9.17) is 17.3 Å². The zero-order chi connectivity index (χ0) is 11.7. The van der Waals surface area contributed by atoms with Gasteiger partial charge in [0.1, 0.15) is 0 Å². The predicted molar refractivity (Wildman–Crippen MR) is 70.3 cm³/mol. The Morgan fingerprint density at radius 2 is 1.81 bits per heavy atom. The summed E-state index contributed by atoms with van der Waals surface area (Å²) in [6.45, 7) is 6.39. The summed E-state index contributed by atoms with van der Waals surface area (Å²) in [6, 6.07) is 3.94. The van der Waals surface area contributed by atoms with Crippen LogP contribution in [-0.2, 0) is 0 Å². The molecule has 1 fully saturated rings. The van der Waals surface area contributed by atoms with Crippen LogP contribution in [-0.4, -0.2) is 38.1 Å². The van der Waals surface area contributed by atoms with E-state index >= 15 is 0 Å². The van der Waals surface area contributed by atoms with Crippen LogP contribution in [0.3, 0.4) is 0 Å². The molecule has 0 saturated carbocycles. The van der Waals surface area contributed by atoms with Gasteiger partial charge in [-0.05, 0) is 31.7 Å². The van der Waals surface area contributed by atoms with Gasteiger partial charge in [0.25, 0.3) is 0 Å². The Kier molecular flexibility index (Phi) is 3.26. The van der Waals surface area contributed by atoms with Crippen molar-refractivity contribution in [3.05, 3.63) is 22.7 Å². The maximum Gasteiger partial charge on any atom is 0.0656 e. The lowest BCUT2D eigenvalue weighted by molar-refractivity contribution is 0.312. The molecule has 2 rings (SSSR count). The van der Waals surface area contributed by atoms with Crippen LogP contribution < -0.4 is 10.6 Å². The van der Waals surface area contributed by atoms with E-state index in [1.807, 2.05) is 12.1 Å². The number of nitrogen functional groups attached to an aromatic ring is 1. The molecule has 1 saturated heterocycles. The number of aryl methyl sites for hydroxylation is 1. The number of anilines is 2. The van der Waals surface area contributed by atoms with Crippen molar-refractivity contribution in [1.82, 2.24) is 4.90 Å². The molecule has 0 atom stereocenters. The van der Waals surface area contributed by atoms with Crippen LogP contribution in [0.25, 0.3) is 0 Å². The molecule has 3 nitrogen and oxygen atoms in total. The standard InChI is InChI=1S/C12H18ClN3/c1-9-7-11(14)10(13)8-12(9)16-5-3-15(2)4-6-16/h7-8H,3-6,14H2,1-2H3. The number of nitrogens with two attached hydrogens (primary N) is 1. The van der Waals surface area contributed by atoms with E-state index < -0.39 is 0 Å². The van der Waals surface area contributed by atoms with Gasteiger partial charge in [-0.2, -0.15) is 0 Å². The lowest BCUT2D eigenvalue weighted by Crippen LogP contribution is -2.44. The quantitative estimate of drug-likeness (QED) is 0.761. The van der Waals surface area contributed by atoms with E-state index in [2.05, 4.69) is 23.8 Å². The Morgan fingerprint density at radius 3 is 2.44 bits per heavy atom. The fourth-order valence-corrected chi connectivity index (χ4v) is 2.24. The zero-order valence-electron chi connectivity index (χ0n) is 9.83. The number of halogens is 1. The molecule has 0 aromatic heterocycles. The number of hydrogen-bond acceptors (Lipinski definition) is 3. The van der Waals surface area contributed by atoms with E-state index in [1.54, 1.807) is 0 Å². The van der Waals surface area contributed by atoms with Crippen molar-refractivity contribution < 1.29 is 0 Å². The van der Waals surface area contributed by atoms with Gasteiger partial charge < -0.3 is 15.5 Å². The number of nitrogens with zero attached hydrogens (tertiary/aromatic N) is 2. The van der Waals surface area contributed by atoms with Crippen molar-refractivity contribution in [2.75, 3.05) is 43.9 Å². The minimum Gasteiger partial charge on any atom is -0.398 e. The lowest BCUT2D eigenvalue weighted by atomic mass is 10.1. The molecule has 1 aliphatic rings. The molecule has 0 bridgehead atoms. The highest BCUT2D eigenvalue weighted by atomic mass is 35.5. The second-order valence-electron chi connectivity index (χ2n) is 4.45. The maximum atomic E-state index is 6.07. The first-order valence-corrected chi connectivity index (χ1v) is 5.95. The Morgan fingerprint density at radius 1 is 1.19 bits per heavy atom. The molecule has 1 heterocycles. The van der Waals surface area contributed by atoms with Crippen LogP contribution in [0.5, 0.6) is 0 Å². The van der Waals surface area contributed by atoms with Gasteiger partial charge in [0, 0.05) is 31.9 Å². The first-order valence-electron chi connectivity index (χ1n) is 5.57. The molecule has 1 aromatic rings. The summed E-state index contributed by atoms with van der Waals surface area (Å²) in [5.74, 6) is 0. The Bertz CT molecular complexity index is 384. The lowest BCUT2D eigenvalue weighted by Gasteiger charge is -2.35. The van der Waals surface area contributed by atoms with Crippen molar-refractivity contribution in [3.63, 3.8) is 0 Å². The molecule has 2 N–H and O–H groups in total. The third kappa shape index (κ3) is 2.25. The average molecular weight is 240 g/mol. The third-order valence-electron chi connectivity index (χ3n) is 3.16. The van der Waals surface area contributed by atoms with Crippen LogP contribution in [0.1, 0.15) is 5.56 Å². The fourth-order valence-electron chi connectivity index (χ4n) is 2.08. The first kappa shape index (κ1) is 11.6. The minimum absolute atomic E-state index is 0.652. The number of benzene rings is 1. The number of piperazine rings is 1. The average Bonchev–Trinajstić information content (AvgIpc) is 2.25. The third-order valence-corrected chi connectivity index (χ3v) is 3.49. The van der Waals surface area contributed by atoms with Crippen molar-refractivity contribution in [3.8, 4) is 0 Å². The first-order chi connectivity index (χ1) is 7.58. The van der Waals surface area contributed by atoms with Gasteiger partial charge in [0.05, 0.1) is 10.7 Å². The largest absolute Gasteiger partial charge is 0.398 e. The summed E-state index contributed by atoms with van der Waals surface area (Å²) >= 11 is 6.07. The monoisotopic (exact) mass is 239 g/mol. The summed E-state index contributed by atoms with van der Waals surface area (Å²) in [4.78, 5) is 4.71. The highest BCUT2D eigenvalue weighted by Gasteiger charge is 2.16. The van der Waals surface area contributed by atoms with Gasteiger partial charge in [-0.3, -0.25) is 0 Å². The van der Waals surface area contributed by atoms with Gasteiger partial charge >= 0.3 is 0 Å². The zero-order valence-corrected chi connectivity index (χ0v) is 10.6. The molecular weight excluding hydrogens is 222 g/mol. The minimum atomic E-state index is 0.652. The molecule has 1 aromatic carbocycles. The van der Waals surface area contributed by atoms with Crippen LogP contribution in [0.15, 0.2) is 12.1 Å². The van der Waals surface area contributed by atoms with Gasteiger partial charge in [0.15, 0.2) is 0 Å². The number of hydrogen-bond donors (Lipinski definition) is 1. The molecule has 0 aliphatic carbocycles. The van der Waals surface area contributed by atoms with Crippen LogP contribution >= 0.6 is 11.6 Å². The van der Waals surface area contributed by atoms with Gasteiger partial charge in [-0.25, -0.2) is 0 Å². The molecule has 0 amide bonds. The van der Waals surface area contributed by atoms with E-state index in [-0.39, 0.29) is 0 Å². The summed E-state index contributed by atoms with van der Waals surface area (Å²) in [7, 11) is 2.15. The molecule has 4 heteroatoms. The molecule has 16 heavy (non-hydrogen) atoms. The Hall–Kier alpha value is -0.930. The van der Waals surface area contributed by atoms with E-state index in [0.717, 1.165) is 26.2 Å². The van der Waals surface area contributed by atoms with E-state index in [1.165, 1.54) is 11.3 Å². The number of likely N-dealkylation sites (N-methyl/N-ethyl adjacent to an activating group) is 1. The molecule has 0 radical (unpaired) electrons. The Balaban J connectivity index is 2.23. The highest BCUT2D eigenvalue weighted by Crippen LogP contribution is 2.29.